The van der Waals surface area contributed by atoms with Crippen LogP contribution in [0.4, 0.5) is 0 Å². The Morgan fingerprint density at radius 2 is 0.364 bits per heavy atom. The Bertz CT molecular complexity index is 3980. The molecule has 1 heteroatoms. The van der Waals surface area contributed by atoms with Crippen molar-refractivity contribution in [3.63, 3.8) is 0 Å². The molecule has 0 heterocycles. The van der Waals surface area contributed by atoms with Gasteiger partial charge in [-0.3, -0.25) is 0 Å². The van der Waals surface area contributed by atoms with E-state index in [0.29, 0.717) is 0 Å². The van der Waals surface area contributed by atoms with E-state index in [4.69, 9.17) is 0 Å². The molecule has 0 aliphatic heterocycles. The molecule has 1 aliphatic rings. The summed E-state index contributed by atoms with van der Waals surface area (Å²) in [6.07, 6.45) is 0. The molecule has 12 aromatic carbocycles. The van der Waals surface area contributed by atoms with Crippen molar-refractivity contribution in [1.29, 1.82) is 0 Å². The highest BCUT2D eigenvalue weighted by Crippen LogP contribution is 2.53. The number of rotatable bonds is 13. The quantitative estimate of drug-likeness (QED) is 0.0797. The second-order valence-corrected chi connectivity index (χ2v) is 27.9. The molecule has 0 aromatic heterocycles. The van der Waals surface area contributed by atoms with Gasteiger partial charge in [0.1, 0.15) is 0 Å². The van der Waals surface area contributed by atoms with Gasteiger partial charge in [0.05, 0.1) is 0 Å². The lowest BCUT2D eigenvalue weighted by Crippen LogP contribution is -2.72. The molecule has 0 radical (unpaired) electrons. The van der Waals surface area contributed by atoms with Crippen molar-refractivity contribution in [2.75, 3.05) is 0 Å². The maximum Gasteiger partial charge on any atom is 0.180 e. The topological polar surface area (TPSA) is 0 Å². The normalized spacial score (nSPS) is 13.4. The van der Waals surface area contributed by atoms with Gasteiger partial charge < -0.3 is 0 Å². The monoisotopic (exact) mass is 1150 g/mol. The summed E-state index contributed by atoms with van der Waals surface area (Å²) in [4.78, 5) is 0. The first-order valence-corrected chi connectivity index (χ1v) is 33.4. The fourth-order valence-corrected chi connectivity index (χ4v) is 23.3. The second kappa shape index (κ2) is 23.9. The minimum absolute atomic E-state index is 0.0247. The number of hydrogen-bond donors (Lipinski definition) is 0. The van der Waals surface area contributed by atoms with Gasteiger partial charge in [-0.05, 0) is 223 Å². The van der Waals surface area contributed by atoms with Gasteiger partial charge in [-0.1, -0.05) is 296 Å². The van der Waals surface area contributed by atoms with Gasteiger partial charge in [-0.15, -0.1) is 0 Å². The minimum Gasteiger partial charge on any atom is -0.0636 e. The van der Waals surface area contributed by atoms with E-state index in [1.165, 1.54) is 171 Å². The molecule has 0 saturated carbocycles. The molecule has 1 aliphatic carbocycles. The molecule has 0 bridgehead atoms. The summed E-state index contributed by atoms with van der Waals surface area (Å²) >= 11 is 0. The molecule has 0 amide bonds. The Hall–Kier alpha value is -9.66. The largest absolute Gasteiger partial charge is 0.180 e. The summed E-state index contributed by atoms with van der Waals surface area (Å²) in [5, 5.41) is 5.79. The van der Waals surface area contributed by atoms with Crippen LogP contribution >= 0.6 is 0 Å². The van der Waals surface area contributed by atoms with Crippen LogP contribution in [0, 0.1) is 47.5 Å². The third-order valence-electron chi connectivity index (χ3n) is 19.7. The lowest BCUT2D eigenvalue weighted by atomic mass is 9.83. The molecule has 88 heavy (non-hydrogen) atoms. The van der Waals surface area contributed by atoms with Crippen LogP contribution in [0.25, 0.3) is 100 Å². The van der Waals surface area contributed by atoms with E-state index in [1.807, 2.05) is 0 Å². The number of hydrogen-bond acceptors (Lipinski definition) is 0. The van der Waals surface area contributed by atoms with Crippen LogP contribution in [0.15, 0.2) is 295 Å². The summed E-state index contributed by atoms with van der Waals surface area (Å²) in [5.41, 5.74) is 34.4. The van der Waals surface area contributed by atoms with Crippen LogP contribution in [0.1, 0.15) is 61.1 Å². The molecule has 12 aromatic rings. The van der Waals surface area contributed by atoms with E-state index in [2.05, 4.69) is 342 Å². The lowest BCUT2D eigenvalue weighted by Gasteiger charge is -2.47. The standard InChI is InChI=1S/C87H76Si/c1-56-57(2)59(4)84(58(56)3)88(85-78(69-44-26-14-27-45-69)60(5)75(66-38-20-11-21-39-66)61(6)79(85)70-46-28-15-29-47-70,86-80(71-48-30-16-31-49-71)62(7)76(67-40-22-12-23-41-67)63(8)81(86)72-50-32-17-33-51-72)87-82(73-52-34-18-35-53-73)64(9)77(68-42-24-13-25-43-68)65(10)83(87)74-54-36-19-37-55-74/h11-55,58H,1-10H3. The van der Waals surface area contributed by atoms with Crippen molar-refractivity contribution in [1.82, 2.24) is 0 Å². The van der Waals surface area contributed by atoms with Crippen molar-refractivity contribution < 1.29 is 0 Å². The Balaban J connectivity index is 1.49. The van der Waals surface area contributed by atoms with Gasteiger partial charge in [-0.25, -0.2) is 0 Å². The fourth-order valence-electron chi connectivity index (χ4n) is 15.9. The minimum atomic E-state index is -4.29. The molecule has 0 N–H and O–H groups in total. The van der Waals surface area contributed by atoms with Crippen molar-refractivity contribution in [3.8, 4) is 100 Å². The van der Waals surface area contributed by atoms with E-state index in [-0.39, 0.29) is 5.92 Å². The first-order valence-electron chi connectivity index (χ1n) is 31.4. The highest BCUT2D eigenvalue weighted by molar-refractivity contribution is 7.20. The zero-order valence-corrected chi connectivity index (χ0v) is 53.6. The highest BCUT2D eigenvalue weighted by Gasteiger charge is 2.56. The Labute approximate surface area is 524 Å². The molecular formula is C87H76Si. The Morgan fingerprint density at radius 1 is 0.205 bits per heavy atom. The van der Waals surface area contributed by atoms with Crippen molar-refractivity contribution in [3.05, 3.63) is 328 Å². The van der Waals surface area contributed by atoms with Gasteiger partial charge >= 0.3 is 0 Å². The zero-order valence-electron chi connectivity index (χ0n) is 52.6. The van der Waals surface area contributed by atoms with Crippen molar-refractivity contribution in [2.45, 2.75) is 69.2 Å². The van der Waals surface area contributed by atoms with Gasteiger partial charge in [0.25, 0.3) is 0 Å². The van der Waals surface area contributed by atoms with Crippen LogP contribution in [0.3, 0.4) is 0 Å². The van der Waals surface area contributed by atoms with Gasteiger partial charge in [-0.2, -0.15) is 0 Å². The highest BCUT2D eigenvalue weighted by atomic mass is 28.3. The van der Waals surface area contributed by atoms with E-state index in [1.54, 1.807) is 0 Å². The molecule has 0 saturated heterocycles. The first kappa shape index (κ1) is 57.4. The summed E-state index contributed by atoms with van der Waals surface area (Å²) in [6, 6.07) is 103. The number of allylic oxidation sites excluding steroid dienone is 4. The van der Waals surface area contributed by atoms with Crippen LogP contribution in [-0.4, -0.2) is 8.07 Å². The summed E-state index contributed by atoms with van der Waals surface area (Å²) < 4.78 is 0. The predicted octanol–water partition coefficient (Wildman–Crippen LogP) is 21.9. The molecule has 1 atom stereocenters. The average Bonchev–Trinajstić information content (AvgIpc) is 1.21. The van der Waals surface area contributed by atoms with Crippen LogP contribution in [-0.2, 0) is 0 Å². The SMILES string of the molecule is CC1=C(C)C(C)C([Si](c2c(-c3ccccc3)c(C)c(-c3ccccc3)c(C)c2-c2ccccc2)(c2c(-c3ccccc3)c(C)c(-c3ccccc3)c(C)c2-c2ccccc2)c2c(-c3ccccc3)c(C)c(-c3ccccc3)c(C)c2-c2ccccc2)=C1C. The van der Waals surface area contributed by atoms with Gasteiger partial charge in [0, 0.05) is 0 Å². The molecule has 428 valence electrons. The van der Waals surface area contributed by atoms with Crippen LogP contribution in [0.2, 0.25) is 0 Å². The molecular weight excluding hydrogens is 1070 g/mol. The van der Waals surface area contributed by atoms with E-state index in [9.17, 15) is 0 Å². The molecule has 0 nitrogen and oxygen atoms in total. The van der Waals surface area contributed by atoms with Gasteiger partial charge in [0.2, 0.25) is 0 Å². The lowest BCUT2D eigenvalue weighted by molar-refractivity contribution is 0.851. The summed E-state index contributed by atoms with van der Waals surface area (Å²) in [5.74, 6) is 0.0247. The van der Waals surface area contributed by atoms with Crippen LogP contribution < -0.4 is 15.6 Å². The average molecular weight is 1150 g/mol. The zero-order chi connectivity index (χ0) is 60.8. The summed E-state index contributed by atoms with van der Waals surface area (Å²) in [6.45, 7) is 24.7. The summed E-state index contributed by atoms with van der Waals surface area (Å²) in [7, 11) is -4.29. The van der Waals surface area contributed by atoms with Crippen molar-refractivity contribution >= 4 is 23.6 Å². The third-order valence-corrected chi connectivity index (χ3v) is 25.1. The van der Waals surface area contributed by atoms with Crippen LogP contribution in [0.5, 0.6) is 0 Å². The first-order chi connectivity index (χ1) is 42.9. The predicted molar refractivity (Wildman–Crippen MR) is 382 cm³/mol. The maximum absolute atomic E-state index is 4.29. The number of benzene rings is 12. The van der Waals surface area contributed by atoms with Crippen molar-refractivity contribution in [2.24, 2.45) is 5.92 Å². The molecule has 13 rings (SSSR count). The molecule has 1 unspecified atom stereocenters. The second-order valence-electron chi connectivity index (χ2n) is 24.4. The Morgan fingerprint density at radius 3 is 0.511 bits per heavy atom. The third kappa shape index (κ3) is 9.43. The molecule has 0 spiro atoms. The van der Waals surface area contributed by atoms with E-state index < -0.39 is 8.07 Å². The van der Waals surface area contributed by atoms with E-state index >= 15 is 0 Å². The van der Waals surface area contributed by atoms with Gasteiger partial charge in [0.15, 0.2) is 8.07 Å². The smallest absolute Gasteiger partial charge is 0.0636 e. The van der Waals surface area contributed by atoms with E-state index in [0.717, 1.165) is 0 Å². The fraction of sp³-hybridized carbons (Fsp3) is 0.126. The maximum atomic E-state index is 2.57. The molecule has 0 fully saturated rings. The Kier molecular flexibility index (Phi) is 15.6.